The van der Waals surface area contributed by atoms with Crippen molar-refractivity contribution in [2.45, 2.75) is 32.4 Å². The van der Waals surface area contributed by atoms with Crippen molar-refractivity contribution >= 4 is 34.8 Å². The lowest BCUT2D eigenvalue weighted by molar-refractivity contribution is 0.456. The molecule has 2 rings (SSSR count). The van der Waals surface area contributed by atoms with Crippen molar-refractivity contribution < 1.29 is 0 Å². The molecule has 21 heavy (non-hydrogen) atoms. The van der Waals surface area contributed by atoms with E-state index in [-0.39, 0.29) is 12.1 Å². The number of hydrogen-bond donors (Lipinski definition) is 1. The van der Waals surface area contributed by atoms with Gasteiger partial charge in [0.2, 0.25) is 0 Å². The fraction of sp³-hybridized carbons (Fsp3) is 0.294. The minimum absolute atomic E-state index is 0.224. The summed E-state index contributed by atoms with van der Waals surface area (Å²) in [6, 6.07) is 14.2. The Morgan fingerprint density at radius 1 is 0.905 bits per heavy atom. The van der Waals surface area contributed by atoms with Crippen LogP contribution in [0.3, 0.4) is 0 Å². The van der Waals surface area contributed by atoms with Crippen LogP contribution in [0.2, 0.25) is 15.1 Å². The van der Waals surface area contributed by atoms with Gasteiger partial charge >= 0.3 is 0 Å². The number of benzene rings is 2. The van der Waals surface area contributed by atoms with Gasteiger partial charge in [-0.15, -0.1) is 0 Å². The van der Waals surface area contributed by atoms with Crippen molar-refractivity contribution in [2.75, 3.05) is 0 Å². The van der Waals surface area contributed by atoms with Gasteiger partial charge in [0.1, 0.15) is 0 Å². The van der Waals surface area contributed by atoms with E-state index in [0.29, 0.717) is 10.0 Å². The van der Waals surface area contributed by atoms with Crippen molar-refractivity contribution in [2.24, 2.45) is 0 Å². The van der Waals surface area contributed by atoms with Crippen molar-refractivity contribution in [3.63, 3.8) is 0 Å². The van der Waals surface area contributed by atoms with Gasteiger partial charge in [0.15, 0.2) is 0 Å². The molecule has 0 spiro atoms. The molecule has 0 fully saturated rings. The lowest BCUT2D eigenvalue weighted by Gasteiger charge is -2.23. The second-order valence-electron chi connectivity index (χ2n) is 5.07. The first-order chi connectivity index (χ1) is 10.0. The predicted octanol–water partition coefficient (Wildman–Crippen LogP) is 6.45. The lowest BCUT2D eigenvalue weighted by atomic mass is 10.0. The molecule has 0 aliphatic heterocycles. The second kappa shape index (κ2) is 7.51. The van der Waals surface area contributed by atoms with Crippen LogP contribution >= 0.6 is 34.8 Å². The van der Waals surface area contributed by atoms with E-state index in [1.165, 1.54) is 5.56 Å². The fourth-order valence-corrected chi connectivity index (χ4v) is 2.76. The van der Waals surface area contributed by atoms with E-state index >= 15 is 0 Å². The maximum Gasteiger partial charge on any atom is 0.0595 e. The van der Waals surface area contributed by atoms with E-state index in [1.54, 1.807) is 0 Å². The van der Waals surface area contributed by atoms with Crippen LogP contribution in [0.5, 0.6) is 0 Å². The van der Waals surface area contributed by atoms with E-state index in [2.05, 4.69) is 19.2 Å². The smallest absolute Gasteiger partial charge is 0.0595 e. The maximum absolute atomic E-state index is 6.11. The summed E-state index contributed by atoms with van der Waals surface area (Å²) in [5.74, 6) is 0. The topological polar surface area (TPSA) is 12.0 Å². The molecule has 2 aromatic carbocycles. The molecular formula is C17H18Cl3N. The second-order valence-corrected chi connectivity index (χ2v) is 6.33. The standard InChI is InChI=1S/C17H18Cl3N/c1-3-17(13-6-9-15(19)16(20)10-13)21-11(2)12-4-7-14(18)8-5-12/h4-11,17,21H,3H2,1-2H3/t11-,17?/m1/s1. The van der Waals surface area contributed by atoms with E-state index in [9.17, 15) is 0 Å². The molecule has 112 valence electrons. The van der Waals surface area contributed by atoms with Gasteiger partial charge in [-0.3, -0.25) is 0 Å². The summed E-state index contributed by atoms with van der Waals surface area (Å²) in [4.78, 5) is 0. The number of halogens is 3. The quantitative estimate of drug-likeness (QED) is 0.658. The maximum atomic E-state index is 6.11. The molecule has 1 unspecified atom stereocenters. The highest BCUT2D eigenvalue weighted by molar-refractivity contribution is 6.42. The molecule has 0 saturated carbocycles. The number of rotatable bonds is 5. The normalized spacial score (nSPS) is 14.0. The van der Waals surface area contributed by atoms with Crippen molar-refractivity contribution in [3.8, 4) is 0 Å². The minimum Gasteiger partial charge on any atom is -0.303 e. The van der Waals surface area contributed by atoms with E-state index in [1.807, 2.05) is 42.5 Å². The van der Waals surface area contributed by atoms with Gasteiger partial charge in [0, 0.05) is 17.1 Å². The van der Waals surface area contributed by atoms with Crippen LogP contribution in [0.15, 0.2) is 42.5 Å². The van der Waals surface area contributed by atoms with Gasteiger partial charge < -0.3 is 5.32 Å². The molecular weight excluding hydrogens is 325 g/mol. The van der Waals surface area contributed by atoms with E-state index in [0.717, 1.165) is 17.0 Å². The summed E-state index contributed by atoms with van der Waals surface area (Å²) >= 11 is 18.0. The number of hydrogen-bond acceptors (Lipinski definition) is 1. The molecule has 1 N–H and O–H groups in total. The first-order valence-electron chi connectivity index (χ1n) is 6.97. The zero-order chi connectivity index (χ0) is 15.4. The highest BCUT2D eigenvalue weighted by Crippen LogP contribution is 2.28. The third-order valence-corrected chi connectivity index (χ3v) is 4.57. The summed E-state index contributed by atoms with van der Waals surface area (Å²) in [6.07, 6.45) is 0.968. The summed E-state index contributed by atoms with van der Waals surface area (Å²) < 4.78 is 0. The largest absolute Gasteiger partial charge is 0.303 e. The SMILES string of the molecule is CCC(N[C@H](C)c1ccc(Cl)cc1)c1ccc(Cl)c(Cl)c1. The predicted molar refractivity (Wildman–Crippen MR) is 92.5 cm³/mol. The van der Waals surface area contributed by atoms with Gasteiger partial charge in [-0.2, -0.15) is 0 Å². The number of nitrogens with one attached hydrogen (secondary N) is 1. The molecule has 4 heteroatoms. The van der Waals surface area contributed by atoms with Crippen LogP contribution in [0.4, 0.5) is 0 Å². The van der Waals surface area contributed by atoms with Crippen LogP contribution in [-0.2, 0) is 0 Å². The Morgan fingerprint density at radius 3 is 2.10 bits per heavy atom. The first-order valence-corrected chi connectivity index (χ1v) is 8.11. The fourth-order valence-electron chi connectivity index (χ4n) is 2.33. The molecule has 2 atom stereocenters. The van der Waals surface area contributed by atoms with E-state index < -0.39 is 0 Å². The molecule has 0 heterocycles. The van der Waals surface area contributed by atoms with Gasteiger partial charge in [-0.05, 0) is 48.7 Å². The van der Waals surface area contributed by atoms with Crippen LogP contribution in [0, 0.1) is 0 Å². The molecule has 1 nitrogen and oxygen atoms in total. The summed E-state index contributed by atoms with van der Waals surface area (Å²) in [5.41, 5.74) is 2.35. The van der Waals surface area contributed by atoms with Crippen molar-refractivity contribution in [3.05, 3.63) is 68.7 Å². The van der Waals surface area contributed by atoms with Crippen molar-refractivity contribution in [1.82, 2.24) is 5.32 Å². The zero-order valence-electron chi connectivity index (χ0n) is 12.0. The Kier molecular flexibility index (Phi) is 5.95. The lowest BCUT2D eigenvalue weighted by Crippen LogP contribution is -2.24. The highest BCUT2D eigenvalue weighted by atomic mass is 35.5. The van der Waals surface area contributed by atoms with Crippen LogP contribution < -0.4 is 5.32 Å². The molecule has 0 saturated heterocycles. The average Bonchev–Trinajstić information content (AvgIpc) is 2.48. The zero-order valence-corrected chi connectivity index (χ0v) is 14.3. The van der Waals surface area contributed by atoms with Crippen LogP contribution in [0.25, 0.3) is 0 Å². The molecule has 0 aromatic heterocycles. The first kappa shape index (κ1) is 16.6. The van der Waals surface area contributed by atoms with Gasteiger partial charge in [0.05, 0.1) is 10.0 Å². The summed E-state index contributed by atoms with van der Waals surface area (Å²) in [7, 11) is 0. The highest BCUT2D eigenvalue weighted by Gasteiger charge is 2.14. The summed E-state index contributed by atoms with van der Waals surface area (Å²) in [5, 5.41) is 5.55. The Hall–Kier alpha value is -0.730. The van der Waals surface area contributed by atoms with Crippen LogP contribution in [0.1, 0.15) is 43.5 Å². The van der Waals surface area contributed by atoms with Gasteiger partial charge in [0.25, 0.3) is 0 Å². The van der Waals surface area contributed by atoms with Gasteiger partial charge in [-0.25, -0.2) is 0 Å². The molecule has 0 amide bonds. The third-order valence-electron chi connectivity index (χ3n) is 3.58. The van der Waals surface area contributed by atoms with Gasteiger partial charge in [-0.1, -0.05) is 59.9 Å². The Morgan fingerprint density at radius 2 is 1.52 bits per heavy atom. The summed E-state index contributed by atoms with van der Waals surface area (Å²) in [6.45, 7) is 4.29. The molecule has 2 aromatic rings. The van der Waals surface area contributed by atoms with Crippen molar-refractivity contribution in [1.29, 1.82) is 0 Å². The monoisotopic (exact) mass is 341 g/mol. The Balaban J connectivity index is 2.14. The average molecular weight is 343 g/mol. The third kappa shape index (κ3) is 4.37. The van der Waals surface area contributed by atoms with E-state index in [4.69, 9.17) is 34.8 Å². The molecule has 0 aliphatic rings. The molecule has 0 aliphatic carbocycles. The Bertz CT molecular complexity index is 595. The Labute approximate surface area is 141 Å². The molecule has 0 radical (unpaired) electrons. The molecule has 0 bridgehead atoms. The minimum atomic E-state index is 0.224. The van der Waals surface area contributed by atoms with Crippen LogP contribution in [-0.4, -0.2) is 0 Å².